The number of carbonyl (C=O) groups excluding carboxylic acids is 2. The largest absolute Gasteiger partial charge is 0.469 e. The summed E-state index contributed by atoms with van der Waals surface area (Å²) in [4.78, 5) is 26.0. The van der Waals surface area contributed by atoms with E-state index < -0.39 is 11.0 Å². The monoisotopic (exact) mass is 344 g/mol. The highest BCUT2D eigenvalue weighted by molar-refractivity contribution is 5.86. The van der Waals surface area contributed by atoms with E-state index in [2.05, 4.69) is 6.58 Å². The molecular weight excluding hydrogens is 320 g/mol. The zero-order valence-electron chi connectivity index (χ0n) is 14.7. The Morgan fingerprint density at radius 2 is 2.12 bits per heavy atom. The van der Waals surface area contributed by atoms with Crippen molar-refractivity contribution in [1.29, 1.82) is 0 Å². The minimum Gasteiger partial charge on any atom is -0.469 e. The Morgan fingerprint density at radius 1 is 1.32 bits per heavy atom. The van der Waals surface area contributed by atoms with Gasteiger partial charge in [-0.1, -0.05) is 12.2 Å². The first-order chi connectivity index (χ1) is 11.9. The molecule has 1 unspecified atom stereocenters. The lowest BCUT2D eigenvalue weighted by molar-refractivity contribution is -0.163. The fourth-order valence-electron chi connectivity index (χ4n) is 8.12. The van der Waals surface area contributed by atoms with E-state index >= 15 is 0 Å². The van der Waals surface area contributed by atoms with Crippen molar-refractivity contribution in [1.82, 2.24) is 0 Å². The number of hydrogen-bond acceptors (Lipinski definition) is 5. The third-order valence-electron chi connectivity index (χ3n) is 8.84. The van der Waals surface area contributed by atoms with E-state index in [-0.39, 0.29) is 47.3 Å². The van der Waals surface area contributed by atoms with Crippen LogP contribution in [-0.4, -0.2) is 36.9 Å². The minimum absolute atomic E-state index is 0.0928. The maximum absolute atomic E-state index is 13.0. The van der Waals surface area contributed by atoms with Gasteiger partial charge in [-0.25, -0.2) is 0 Å². The number of fused-ring (bicyclic) bond motifs is 3. The second-order valence-corrected chi connectivity index (χ2v) is 9.50. The van der Waals surface area contributed by atoms with E-state index in [4.69, 9.17) is 14.2 Å². The first-order valence-electron chi connectivity index (χ1n) is 9.53. The van der Waals surface area contributed by atoms with Gasteiger partial charge >= 0.3 is 11.9 Å². The Balaban J connectivity index is 1.60. The Kier molecular flexibility index (Phi) is 2.35. The Morgan fingerprint density at radius 3 is 2.88 bits per heavy atom. The molecule has 4 bridgehead atoms. The van der Waals surface area contributed by atoms with Gasteiger partial charge in [-0.3, -0.25) is 9.59 Å². The van der Waals surface area contributed by atoms with Gasteiger partial charge in [0.1, 0.15) is 17.1 Å². The van der Waals surface area contributed by atoms with Crippen LogP contribution in [0.4, 0.5) is 0 Å². The van der Waals surface area contributed by atoms with Crippen molar-refractivity contribution < 1.29 is 23.8 Å². The first-order valence-corrected chi connectivity index (χ1v) is 9.53. The average Bonchev–Trinajstić information content (AvgIpc) is 3.21. The van der Waals surface area contributed by atoms with Crippen molar-refractivity contribution >= 4 is 11.9 Å². The summed E-state index contributed by atoms with van der Waals surface area (Å²) in [5.41, 5.74) is -0.123. The summed E-state index contributed by atoms with van der Waals surface area (Å²) in [6.07, 6.45) is 4.75. The average molecular weight is 344 g/mol. The number of allylic oxidation sites excluding steroid dienone is 1. The van der Waals surface area contributed by atoms with Gasteiger partial charge in [0.25, 0.3) is 0 Å². The van der Waals surface area contributed by atoms with Crippen LogP contribution >= 0.6 is 0 Å². The summed E-state index contributed by atoms with van der Waals surface area (Å²) < 4.78 is 17.4. The van der Waals surface area contributed by atoms with Crippen LogP contribution in [0.3, 0.4) is 0 Å². The number of carbonyl (C=O) groups is 2. The molecule has 0 radical (unpaired) electrons. The fraction of sp³-hybridized carbons (Fsp3) is 0.800. The van der Waals surface area contributed by atoms with Crippen molar-refractivity contribution in [2.24, 2.45) is 34.5 Å². The number of epoxide rings is 1. The molecule has 6 fully saturated rings. The summed E-state index contributed by atoms with van der Waals surface area (Å²) in [6.45, 7) is 6.29. The van der Waals surface area contributed by atoms with Crippen LogP contribution in [0.5, 0.6) is 0 Å². The zero-order valence-corrected chi connectivity index (χ0v) is 14.7. The molecule has 9 atom stereocenters. The lowest BCUT2D eigenvalue weighted by Crippen LogP contribution is -2.50. The predicted octanol–water partition coefficient (Wildman–Crippen LogP) is 2.24. The summed E-state index contributed by atoms with van der Waals surface area (Å²) in [5, 5.41) is 0. The lowest BCUT2D eigenvalue weighted by Gasteiger charge is -2.43. The number of rotatable bonds is 1. The van der Waals surface area contributed by atoms with E-state index in [1.165, 1.54) is 12.7 Å². The van der Waals surface area contributed by atoms with Crippen molar-refractivity contribution in [3.63, 3.8) is 0 Å². The molecule has 0 aromatic heterocycles. The maximum atomic E-state index is 13.0. The molecule has 5 nitrogen and oxygen atoms in total. The first kappa shape index (κ1) is 14.8. The summed E-state index contributed by atoms with van der Waals surface area (Å²) in [6, 6.07) is 0. The van der Waals surface area contributed by atoms with Crippen LogP contribution in [-0.2, 0) is 23.8 Å². The molecule has 5 heteroatoms. The van der Waals surface area contributed by atoms with Crippen LogP contribution in [0.1, 0.15) is 39.0 Å². The zero-order chi connectivity index (χ0) is 17.4. The van der Waals surface area contributed by atoms with E-state index in [1.807, 2.05) is 6.92 Å². The molecule has 6 rings (SSSR count). The predicted molar refractivity (Wildman–Crippen MR) is 86.2 cm³/mol. The molecule has 134 valence electrons. The molecule has 0 aromatic carbocycles. The molecule has 0 N–H and O–H groups in total. The number of hydrogen-bond donors (Lipinski definition) is 0. The second kappa shape index (κ2) is 3.98. The minimum atomic E-state index is -0.715. The lowest BCUT2D eigenvalue weighted by atomic mass is 9.60. The maximum Gasteiger partial charge on any atom is 0.315 e. The molecule has 4 saturated carbocycles. The molecule has 1 spiro atoms. The van der Waals surface area contributed by atoms with Crippen molar-refractivity contribution in [2.75, 3.05) is 7.11 Å². The molecule has 0 aromatic rings. The normalized spacial score (nSPS) is 59.8. The third kappa shape index (κ3) is 1.32. The fourth-order valence-corrected chi connectivity index (χ4v) is 8.12. The van der Waals surface area contributed by atoms with Crippen LogP contribution in [0.25, 0.3) is 0 Å². The SMILES string of the molecule is C=C1C[C@]23C[C@H]1CCC2[C@@]12C[C@@H]4O[C@@H]4[C@@](C)(C(=O)O1)[C@H]2[C@@H]3C(=O)OC. The Hall–Kier alpha value is -1.36. The molecule has 2 heterocycles. The molecule has 2 saturated heterocycles. The van der Waals surface area contributed by atoms with Gasteiger partial charge in [0.2, 0.25) is 0 Å². The Labute approximate surface area is 147 Å². The highest BCUT2D eigenvalue weighted by atomic mass is 16.6. The van der Waals surface area contributed by atoms with Crippen LogP contribution in [0, 0.1) is 34.5 Å². The molecule has 2 aliphatic heterocycles. The van der Waals surface area contributed by atoms with Gasteiger partial charge in [-0.2, -0.15) is 0 Å². The van der Waals surface area contributed by atoms with E-state index in [0.29, 0.717) is 5.92 Å². The number of esters is 2. The topological polar surface area (TPSA) is 65.1 Å². The molecule has 4 aliphatic carbocycles. The summed E-state index contributed by atoms with van der Waals surface area (Å²) in [5.74, 6) is -0.0150. The van der Waals surface area contributed by atoms with Crippen LogP contribution < -0.4 is 0 Å². The van der Waals surface area contributed by atoms with Crippen molar-refractivity contribution in [3.05, 3.63) is 12.2 Å². The van der Waals surface area contributed by atoms with Crippen molar-refractivity contribution in [3.8, 4) is 0 Å². The number of methoxy groups -OCH3 is 1. The molecule has 0 amide bonds. The van der Waals surface area contributed by atoms with Gasteiger partial charge in [0.15, 0.2) is 0 Å². The molecule has 6 aliphatic rings. The van der Waals surface area contributed by atoms with Crippen LogP contribution in [0.2, 0.25) is 0 Å². The van der Waals surface area contributed by atoms with E-state index in [0.717, 1.165) is 32.1 Å². The van der Waals surface area contributed by atoms with Gasteiger partial charge in [0, 0.05) is 18.3 Å². The highest BCUT2D eigenvalue weighted by Crippen LogP contribution is 2.79. The standard InChI is InChI=1S/C20H24O5/c1-9-6-19-7-10(9)4-5-12(19)20-8-11-15(24-11)18(2,17(22)25-20)14(20)13(19)16(21)23-3/h10-15H,1,4-8H2,2-3H3/t10-,11+,12?,13-,14-,15+,18+,19+,20-/m1/s1. The second-order valence-electron chi connectivity index (χ2n) is 9.50. The van der Waals surface area contributed by atoms with E-state index in [1.54, 1.807) is 0 Å². The van der Waals surface area contributed by atoms with Gasteiger partial charge in [0.05, 0.1) is 19.1 Å². The van der Waals surface area contributed by atoms with E-state index in [9.17, 15) is 9.59 Å². The molecule has 25 heavy (non-hydrogen) atoms. The van der Waals surface area contributed by atoms with Gasteiger partial charge in [-0.15, -0.1) is 0 Å². The molecular formula is C20H24O5. The Bertz CT molecular complexity index is 744. The number of ether oxygens (including phenoxy) is 3. The quantitative estimate of drug-likeness (QED) is 0.415. The van der Waals surface area contributed by atoms with Crippen molar-refractivity contribution in [2.45, 2.75) is 56.8 Å². The van der Waals surface area contributed by atoms with Gasteiger partial charge in [-0.05, 0) is 43.9 Å². The van der Waals surface area contributed by atoms with Crippen LogP contribution in [0.15, 0.2) is 12.2 Å². The summed E-state index contributed by atoms with van der Waals surface area (Å²) in [7, 11) is 1.47. The highest BCUT2D eigenvalue weighted by Gasteiger charge is 2.87. The summed E-state index contributed by atoms with van der Waals surface area (Å²) >= 11 is 0. The smallest absolute Gasteiger partial charge is 0.315 e. The third-order valence-corrected chi connectivity index (χ3v) is 8.84. The van der Waals surface area contributed by atoms with Gasteiger partial charge < -0.3 is 14.2 Å².